The Morgan fingerprint density at radius 2 is 1.88 bits per heavy atom. The standard InChI is InChI=1S/C19H17N3O2S/c1-12-5-3-4-6-14(12)11-17-18(24)22-19(25-17)21-16-9-7-15(8-10-16)20-13(2)23/h3-11H,1-2H3,(H,20,23)(H,21,22,24)/b17-11-. The van der Waals surface area contributed by atoms with E-state index in [4.69, 9.17) is 0 Å². The molecule has 2 amide bonds. The normalized spacial score (nSPS) is 17.0. The average molecular weight is 351 g/mol. The molecule has 0 aromatic heterocycles. The molecule has 1 aliphatic heterocycles. The first-order valence-corrected chi connectivity index (χ1v) is 8.56. The number of thioether (sulfide) groups is 1. The van der Waals surface area contributed by atoms with Crippen molar-refractivity contribution in [2.24, 2.45) is 4.99 Å². The van der Waals surface area contributed by atoms with Gasteiger partial charge in [-0.15, -0.1) is 0 Å². The number of nitrogens with zero attached hydrogens (tertiary/aromatic N) is 1. The molecular weight excluding hydrogens is 334 g/mol. The highest BCUT2D eigenvalue weighted by Gasteiger charge is 2.23. The van der Waals surface area contributed by atoms with Gasteiger partial charge in [-0.25, -0.2) is 4.99 Å². The zero-order chi connectivity index (χ0) is 17.8. The summed E-state index contributed by atoms with van der Waals surface area (Å²) in [5.41, 5.74) is 3.54. The molecule has 1 heterocycles. The van der Waals surface area contributed by atoms with Crippen LogP contribution in [0, 0.1) is 6.92 Å². The fourth-order valence-electron chi connectivity index (χ4n) is 2.31. The lowest BCUT2D eigenvalue weighted by atomic mass is 10.1. The maximum Gasteiger partial charge on any atom is 0.264 e. The smallest absolute Gasteiger partial charge is 0.264 e. The third kappa shape index (κ3) is 4.36. The van der Waals surface area contributed by atoms with Crippen molar-refractivity contribution in [2.75, 3.05) is 5.32 Å². The van der Waals surface area contributed by atoms with Crippen molar-refractivity contribution >= 4 is 46.2 Å². The monoisotopic (exact) mass is 351 g/mol. The van der Waals surface area contributed by atoms with E-state index in [0.717, 1.165) is 11.1 Å². The molecule has 1 aliphatic rings. The molecule has 3 rings (SSSR count). The van der Waals surface area contributed by atoms with Crippen LogP contribution in [0.1, 0.15) is 18.1 Å². The van der Waals surface area contributed by atoms with Crippen molar-refractivity contribution in [2.45, 2.75) is 13.8 Å². The average Bonchev–Trinajstić information content (AvgIpc) is 2.90. The van der Waals surface area contributed by atoms with E-state index in [1.165, 1.54) is 18.7 Å². The minimum Gasteiger partial charge on any atom is -0.326 e. The van der Waals surface area contributed by atoms with Gasteiger partial charge in [-0.3, -0.25) is 9.59 Å². The summed E-state index contributed by atoms with van der Waals surface area (Å²) < 4.78 is 0. The lowest BCUT2D eigenvalue weighted by molar-refractivity contribution is -0.115. The Kier molecular flexibility index (Phi) is 5.00. The first kappa shape index (κ1) is 17.0. The number of anilines is 1. The van der Waals surface area contributed by atoms with Gasteiger partial charge in [-0.1, -0.05) is 24.3 Å². The maximum absolute atomic E-state index is 12.1. The molecule has 0 spiro atoms. The number of hydrogen-bond acceptors (Lipinski definition) is 4. The van der Waals surface area contributed by atoms with Crippen LogP contribution in [0.5, 0.6) is 0 Å². The molecule has 1 fully saturated rings. The van der Waals surface area contributed by atoms with Crippen LogP contribution in [0.25, 0.3) is 6.08 Å². The van der Waals surface area contributed by atoms with E-state index in [-0.39, 0.29) is 11.8 Å². The quantitative estimate of drug-likeness (QED) is 0.825. The predicted octanol–water partition coefficient (Wildman–Crippen LogP) is 3.85. The van der Waals surface area contributed by atoms with E-state index in [1.54, 1.807) is 24.3 Å². The van der Waals surface area contributed by atoms with Crippen molar-refractivity contribution in [1.82, 2.24) is 5.32 Å². The highest BCUT2D eigenvalue weighted by molar-refractivity contribution is 8.18. The van der Waals surface area contributed by atoms with Crippen molar-refractivity contribution < 1.29 is 9.59 Å². The zero-order valence-electron chi connectivity index (χ0n) is 13.9. The fourth-order valence-corrected chi connectivity index (χ4v) is 3.14. The molecule has 25 heavy (non-hydrogen) atoms. The summed E-state index contributed by atoms with van der Waals surface area (Å²) in [5.74, 6) is -0.273. The number of carbonyl (C=O) groups excluding carboxylic acids is 2. The van der Waals surface area contributed by atoms with Gasteiger partial charge in [0.15, 0.2) is 5.17 Å². The molecule has 2 N–H and O–H groups in total. The minimum atomic E-state index is -0.151. The molecule has 2 aromatic rings. The van der Waals surface area contributed by atoms with Gasteiger partial charge in [0.05, 0.1) is 10.6 Å². The molecular formula is C19H17N3O2S. The summed E-state index contributed by atoms with van der Waals surface area (Å²) in [6.07, 6.45) is 1.87. The zero-order valence-corrected chi connectivity index (χ0v) is 14.7. The van der Waals surface area contributed by atoms with E-state index >= 15 is 0 Å². The van der Waals surface area contributed by atoms with Crippen molar-refractivity contribution in [3.8, 4) is 0 Å². The molecule has 0 atom stereocenters. The molecule has 1 saturated heterocycles. The van der Waals surface area contributed by atoms with Crippen molar-refractivity contribution in [3.05, 3.63) is 64.6 Å². The highest BCUT2D eigenvalue weighted by atomic mass is 32.2. The van der Waals surface area contributed by atoms with Crippen LogP contribution in [0.2, 0.25) is 0 Å². The molecule has 0 bridgehead atoms. The molecule has 6 heteroatoms. The van der Waals surface area contributed by atoms with Gasteiger partial charge >= 0.3 is 0 Å². The van der Waals surface area contributed by atoms with Gasteiger partial charge in [-0.05, 0) is 60.2 Å². The molecule has 0 saturated carbocycles. The molecule has 0 aliphatic carbocycles. The summed E-state index contributed by atoms with van der Waals surface area (Å²) in [5, 5.41) is 6.01. The Bertz CT molecular complexity index is 886. The summed E-state index contributed by atoms with van der Waals surface area (Å²) in [7, 11) is 0. The summed E-state index contributed by atoms with van der Waals surface area (Å²) in [6.45, 7) is 3.47. The van der Waals surface area contributed by atoms with Gasteiger partial charge in [0.25, 0.3) is 5.91 Å². The van der Waals surface area contributed by atoms with E-state index in [9.17, 15) is 9.59 Å². The number of amidine groups is 1. The van der Waals surface area contributed by atoms with Crippen LogP contribution in [0.3, 0.4) is 0 Å². The minimum absolute atomic E-state index is 0.122. The van der Waals surface area contributed by atoms with E-state index in [1.807, 2.05) is 37.3 Å². The second kappa shape index (κ2) is 7.36. The van der Waals surface area contributed by atoms with Crippen LogP contribution in [0.4, 0.5) is 11.4 Å². The molecule has 0 radical (unpaired) electrons. The summed E-state index contributed by atoms with van der Waals surface area (Å²) >= 11 is 1.31. The first-order chi connectivity index (χ1) is 12.0. The Hall–Kier alpha value is -2.86. The number of hydrogen-bond donors (Lipinski definition) is 2. The van der Waals surface area contributed by atoms with Crippen LogP contribution in [0.15, 0.2) is 58.4 Å². The van der Waals surface area contributed by atoms with Gasteiger partial charge in [0.1, 0.15) is 0 Å². The van der Waals surface area contributed by atoms with Crippen molar-refractivity contribution in [1.29, 1.82) is 0 Å². The second-order valence-electron chi connectivity index (χ2n) is 5.57. The number of nitrogens with one attached hydrogen (secondary N) is 2. The highest BCUT2D eigenvalue weighted by Crippen LogP contribution is 2.29. The SMILES string of the molecule is CC(=O)Nc1ccc(N=C2NC(=O)/C(=C/c3ccccc3C)S2)cc1. The van der Waals surface area contributed by atoms with Gasteiger partial charge in [-0.2, -0.15) is 0 Å². The Balaban J connectivity index is 1.77. The van der Waals surface area contributed by atoms with Gasteiger partial charge < -0.3 is 10.6 Å². The van der Waals surface area contributed by atoms with Crippen molar-refractivity contribution in [3.63, 3.8) is 0 Å². The number of amides is 2. The second-order valence-corrected chi connectivity index (χ2v) is 6.60. The Morgan fingerprint density at radius 1 is 1.16 bits per heavy atom. The Labute approximate surface area is 150 Å². The summed E-state index contributed by atoms with van der Waals surface area (Å²) in [6, 6.07) is 15.0. The van der Waals surface area contributed by atoms with E-state index < -0.39 is 0 Å². The third-order valence-electron chi connectivity index (χ3n) is 3.54. The third-order valence-corrected chi connectivity index (χ3v) is 4.45. The number of aliphatic imine (C=N–C) groups is 1. The maximum atomic E-state index is 12.1. The molecule has 2 aromatic carbocycles. The van der Waals surface area contributed by atoms with E-state index in [2.05, 4.69) is 15.6 Å². The fraction of sp³-hybridized carbons (Fsp3) is 0.105. The van der Waals surface area contributed by atoms with E-state index in [0.29, 0.717) is 21.4 Å². The van der Waals surface area contributed by atoms with Crippen LogP contribution in [-0.2, 0) is 9.59 Å². The predicted molar refractivity (Wildman–Crippen MR) is 103 cm³/mol. The number of carbonyl (C=O) groups is 2. The largest absolute Gasteiger partial charge is 0.326 e. The summed E-state index contributed by atoms with van der Waals surface area (Å²) in [4.78, 5) is 28.2. The number of rotatable bonds is 3. The molecule has 5 nitrogen and oxygen atoms in total. The lowest BCUT2D eigenvalue weighted by Gasteiger charge is -2.02. The number of aryl methyl sites for hydroxylation is 1. The van der Waals surface area contributed by atoms with Crippen LogP contribution < -0.4 is 10.6 Å². The molecule has 0 unspecified atom stereocenters. The lowest BCUT2D eigenvalue weighted by Crippen LogP contribution is -2.19. The topological polar surface area (TPSA) is 70.6 Å². The van der Waals surface area contributed by atoms with Gasteiger partial charge in [0.2, 0.25) is 5.91 Å². The van der Waals surface area contributed by atoms with Crippen LogP contribution >= 0.6 is 11.8 Å². The van der Waals surface area contributed by atoms with Crippen LogP contribution in [-0.4, -0.2) is 17.0 Å². The van der Waals surface area contributed by atoms with Gasteiger partial charge in [0, 0.05) is 12.6 Å². The molecule has 126 valence electrons. The first-order valence-electron chi connectivity index (χ1n) is 7.74. The Morgan fingerprint density at radius 3 is 2.56 bits per heavy atom. The number of benzene rings is 2.